The molecule has 0 unspecified atom stereocenters. The summed E-state index contributed by atoms with van der Waals surface area (Å²) >= 11 is 0. The van der Waals surface area contributed by atoms with E-state index < -0.39 is 0 Å². The van der Waals surface area contributed by atoms with E-state index >= 15 is 0 Å². The van der Waals surface area contributed by atoms with E-state index in [0.29, 0.717) is 0 Å². The average molecular weight is 430 g/mol. The Morgan fingerprint density at radius 2 is 1.25 bits per heavy atom. The molecule has 1 aromatic carbocycles. The van der Waals surface area contributed by atoms with Crippen molar-refractivity contribution in [3.63, 3.8) is 0 Å². The Labute approximate surface area is 170 Å². The molecule has 0 saturated heterocycles. The molecule has 0 amide bonds. The van der Waals surface area contributed by atoms with Gasteiger partial charge < -0.3 is 25.3 Å². The molecule has 148 valence electrons. The minimum atomic E-state index is -0.187. The van der Waals surface area contributed by atoms with Crippen LogP contribution in [0.15, 0.2) is 71.3 Å². The summed E-state index contributed by atoms with van der Waals surface area (Å²) in [6.45, 7) is 2.70. The van der Waals surface area contributed by atoms with Crippen LogP contribution in [-0.4, -0.2) is 15.8 Å². The van der Waals surface area contributed by atoms with Gasteiger partial charge in [-0.05, 0) is 25.1 Å². The van der Waals surface area contributed by atoms with Crippen LogP contribution in [0.2, 0.25) is 0 Å². The van der Waals surface area contributed by atoms with Crippen LogP contribution in [0.1, 0.15) is 13.8 Å². The molecule has 0 radical (unpaired) electrons. The van der Waals surface area contributed by atoms with Crippen molar-refractivity contribution in [2.75, 3.05) is 0 Å². The minimum absolute atomic E-state index is 0. The first-order valence-electron chi connectivity index (χ1n) is 7.25. The summed E-state index contributed by atoms with van der Waals surface area (Å²) in [6, 6.07) is 12.1. The van der Waals surface area contributed by atoms with Gasteiger partial charge in [-0.1, -0.05) is 31.2 Å². The number of benzene rings is 1. The first-order valence-corrected chi connectivity index (χ1v) is 7.25. The largest absolute Gasteiger partial charge is 3.00 e. The Balaban J connectivity index is 0. The van der Waals surface area contributed by atoms with Gasteiger partial charge in [-0.15, -0.1) is 16.4 Å². The minimum Gasteiger partial charge on any atom is -0.876 e. The Hall–Kier alpha value is -3.44. The molecule has 0 bridgehead atoms. The number of pyridine rings is 2. The van der Waals surface area contributed by atoms with Gasteiger partial charge in [0.2, 0.25) is 0 Å². The smallest absolute Gasteiger partial charge is 0.876 e. The Morgan fingerprint density at radius 3 is 1.50 bits per heavy atom. The molecule has 28 heavy (non-hydrogen) atoms. The number of rotatable bonds is 1. The maximum atomic E-state index is 9.98. The van der Waals surface area contributed by atoms with E-state index in [2.05, 4.69) is 34.2 Å². The van der Waals surface area contributed by atoms with E-state index in [4.69, 9.17) is 20.2 Å². The maximum Gasteiger partial charge on any atom is 3.00 e. The maximum absolute atomic E-state index is 9.98. The third kappa shape index (κ3) is 10.5. The van der Waals surface area contributed by atoms with E-state index in [0.717, 1.165) is 38.6 Å². The van der Waals surface area contributed by atoms with Crippen LogP contribution in [0.3, 0.4) is 0 Å². The van der Waals surface area contributed by atoms with E-state index in [1.807, 2.05) is 12.1 Å². The molecule has 0 saturated carbocycles. The molecule has 2 heterocycles. The van der Waals surface area contributed by atoms with Crippen LogP contribution in [0.4, 0.5) is 0 Å². The summed E-state index contributed by atoms with van der Waals surface area (Å²) in [5, 5.41) is 30.3. The van der Waals surface area contributed by atoms with E-state index in [1.54, 1.807) is 12.4 Å². The molecule has 0 N–H and O–H groups in total. The Kier molecular flexibility index (Phi) is 15.1. The fraction of sp³-hybridized carbons (Fsp3) is 0.118. The molecule has 0 fully saturated rings. The predicted octanol–water partition coefficient (Wildman–Crippen LogP) is 3.12. The molecular formula is C17H15CoN4O6. The summed E-state index contributed by atoms with van der Waals surface area (Å²) in [6.07, 6.45) is 4.66. The van der Waals surface area contributed by atoms with Crippen molar-refractivity contribution >= 4 is 27.6 Å². The topological polar surface area (TPSA) is 171 Å². The van der Waals surface area contributed by atoms with Crippen molar-refractivity contribution in [3.05, 3.63) is 80.9 Å². The second-order valence-electron chi connectivity index (χ2n) is 4.73. The molecule has 11 heteroatoms. The number of hydrogen-bond acceptors (Lipinski definition) is 10. The SMILES string of the molecule is CC(=O)/C=C(/C)[O-].O=N[O-].O=N[O-].[Co+3].c1cnc2c(c1)ccc1cccnc12. The summed E-state index contributed by atoms with van der Waals surface area (Å²) < 4.78 is 0. The number of allylic oxidation sites excluding steroid dienone is 2. The molecule has 3 aromatic rings. The normalized spacial score (nSPS) is 9.14. The van der Waals surface area contributed by atoms with Crippen LogP contribution in [0.25, 0.3) is 21.8 Å². The van der Waals surface area contributed by atoms with Gasteiger partial charge in [0.1, 0.15) is 0 Å². The van der Waals surface area contributed by atoms with E-state index in [1.165, 1.54) is 13.8 Å². The third-order valence-corrected chi connectivity index (χ3v) is 2.75. The van der Waals surface area contributed by atoms with Gasteiger partial charge in [-0.2, -0.15) is 0 Å². The fourth-order valence-electron chi connectivity index (χ4n) is 1.97. The van der Waals surface area contributed by atoms with Gasteiger partial charge in [-0.25, -0.2) is 0 Å². The summed E-state index contributed by atoms with van der Waals surface area (Å²) in [5.41, 5.74) is 1.95. The van der Waals surface area contributed by atoms with Crippen molar-refractivity contribution in [3.8, 4) is 0 Å². The quantitative estimate of drug-likeness (QED) is 0.186. The van der Waals surface area contributed by atoms with Crippen molar-refractivity contribution in [2.45, 2.75) is 13.8 Å². The summed E-state index contributed by atoms with van der Waals surface area (Å²) in [4.78, 5) is 34.7. The number of fused-ring (bicyclic) bond motifs is 3. The van der Waals surface area contributed by atoms with Gasteiger partial charge in [0.15, 0.2) is 5.78 Å². The van der Waals surface area contributed by atoms with Crippen LogP contribution < -0.4 is 5.11 Å². The van der Waals surface area contributed by atoms with Crippen LogP contribution >= 0.6 is 0 Å². The Bertz CT molecular complexity index is 855. The number of ketones is 1. The molecular weight excluding hydrogens is 415 g/mol. The van der Waals surface area contributed by atoms with Crippen LogP contribution in [0.5, 0.6) is 0 Å². The molecule has 2 aromatic heterocycles. The van der Waals surface area contributed by atoms with Crippen molar-refractivity contribution < 1.29 is 26.7 Å². The summed E-state index contributed by atoms with van der Waals surface area (Å²) in [7, 11) is 0. The zero-order valence-electron chi connectivity index (χ0n) is 14.8. The second kappa shape index (κ2) is 15.8. The zero-order chi connectivity index (χ0) is 20.7. The first-order chi connectivity index (χ1) is 12.9. The number of carbonyl (C=O) groups is 1. The zero-order valence-corrected chi connectivity index (χ0v) is 15.8. The predicted molar refractivity (Wildman–Crippen MR) is 99.8 cm³/mol. The number of carbonyl (C=O) groups excluding carboxylic acids is 1. The number of hydrogen-bond donors (Lipinski definition) is 0. The average Bonchev–Trinajstić information content (AvgIpc) is 2.62. The second-order valence-corrected chi connectivity index (χ2v) is 4.73. The standard InChI is InChI=1S/C12H8N2.C5H8O2.Co.2HNO2/c1-3-9-5-6-10-4-2-8-14-12(10)11(9)13-7-1;1-4(6)3-5(2)7;;2*2-1-3/h1-8H;3,6H,1-2H3;;2*(H,2,3)/q;;+3;;/p-3/b;4-3-;;;. The van der Waals surface area contributed by atoms with Gasteiger partial charge >= 0.3 is 16.8 Å². The monoisotopic (exact) mass is 430 g/mol. The number of nitrogens with zero attached hydrogens (tertiary/aromatic N) is 4. The molecule has 0 aliphatic carbocycles. The molecule has 0 spiro atoms. The van der Waals surface area contributed by atoms with Gasteiger partial charge in [0, 0.05) is 23.2 Å². The molecule has 3 rings (SSSR count). The van der Waals surface area contributed by atoms with Gasteiger partial charge in [-0.3, -0.25) is 14.8 Å². The van der Waals surface area contributed by atoms with Crippen molar-refractivity contribution in [1.82, 2.24) is 9.97 Å². The number of aromatic nitrogens is 2. The molecule has 10 nitrogen and oxygen atoms in total. The molecule has 0 atom stereocenters. The fourth-order valence-corrected chi connectivity index (χ4v) is 1.97. The summed E-state index contributed by atoms with van der Waals surface area (Å²) in [5.74, 6) is -0.375. The van der Waals surface area contributed by atoms with E-state index in [9.17, 15) is 9.90 Å². The third-order valence-electron chi connectivity index (χ3n) is 2.75. The molecule has 0 aliphatic rings. The first kappa shape index (κ1) is 26.8. The van der Waals surface area contributed by atoms with Gasteiger partial charge in [0.05, 0.1) is 11.0 Å². The van der Waals surface area contributed by atoms with Crippen molar-refractivity contribution in [2.24, 2.45) is 10.7 Å². The van der Waals surface area contributed by atoms with Crippen molar-refractivity contribution in [1.29, 1.82) is 0 Å². The van der Waals surface area contributed by atoms with Crippen LogP contribution in [0, 0.1) is 20.2 Å². The van der Waals surface area contributed by atoms with E-state index in [-0.39, 0.29) is 28.3 Å². The van der Waals surface area contributed by atoms with Crippen LogP contribution in [-0.2, 0) is 21.6 Å². The van der Waals surface area contributed by atoms with Gasteiger partial charge in [0.25, 0.3) is 0 Å². The molecule has 0 aliphatic heterocycles. The Morgan fingerprint density at radius 1 is 0.893 bits per heavy atom.